The Morgan fingerprint density at radius 2 is 1.91 bits per heavy atom. The van der Waals surface area contributed by atoms with Crippen molar-refractivity contribution in [3.63, 3.8) is 0 Å². The largest absolute Gasteiger partial charge is 0.349 e. The summed E-state index contributed by atoms with van der Waals surface area (Å²) >= 11 is 1.52. The summed E-state index contributed by atoms with van der Waals surface area (Å²) in [5, 5.41) is 9.51. The number of carbonyl (C=O) groups excluding carboxylic acids is 3. The molecule has 2 atom stereocenters. The first-order valence-corrected chi connectivity index (χ1v) is 13.5. The van der Waals surface area contributed by atoms with Crippen LogP contribution in [-0.4, -0.2) is 54.1 Å². The van der Waals surface area contributed by atoms with Crippen LogP contribution in [0.15, 0.2) is 46.2 Å². The number of carbonyl (C=O) groups is 3. The summed E-state index contributed by atoms with van der Waals surface area (Å²) < 4.78 is 0. The van der Waals surface area contributed by atoms with E-state index in [2.05, 4.69) is 22.9 Å². The summed E-state index contributed by atoms with van der Waals surface area (Å²) in [6, 6.07) is 0.173. The fourth-order valence-electron chi connectivity index (χ4n) is 4.78. The molecule has 2 saturated heterocycles. The van der Waals surface area contributed by atoms with Crippen LogP contribution in [0, 0.1) is 11.8 Å². The van der Waals surface area contributed by atoms with Crippen molar-refractivity contribution >= 4 is 29.5 Å². The Morgan fingerprint density at radius 1 is 1.12 bits per heavy atom. The highest BCUT2D eigenvalue weighted by molar-refractivity contribution is 8.04. The highest BCUT2D eigenvalue weighted by atomic mass is 32.2. The molecule has 8 heteroatoms. The number of hydrogen-bond acceptors (Lipinski definition) is 5. The molecule has 4 rings (SSSR count). The van der Waals surface area contributed by atoms with Gasteiger partial charge in [0.1, 0.15) is 0 Å². The van der Waals surface area contributed by atoms with Crippen molar-refractivity contribution < 1.29 is 14.4 Å². The summed E-state index contributed by atoms with van der Waals surface area (Å²) in [6.45, 7) is 6.69. The standard InChI is InChI=1S/C26H36N4O3S/c1-17-5-7-19(15-21(14-17)30-16-18(2)6-8-23(30)31)25(32)29-22-4-3-13-34-24(22)26(33)28-20-9-11-27-12-10-20/h5,7,14-15,17-18,20,27H,3-4,6,8-13,16H2,1-2H3,(H,28,33)(H,29,32). The number of piperidine rings is 2. The van der Waals surface area contributed by atoms with E-state index in [0.717, 1.165) is 50.2 Å². The number of hydrogen-bond donors (Lipinski definition) is 3. The Bertz CT molecular complexity index is 946. The molecule has 0 aromatic rings. The Balaban J connectivity index is 1.51. The third kappa shape index (κ3) is 6.21. The lowest BCUT2D eigenvalue weighted by molar-refractivity contribution is -0.132. The zero-order valence-electron chi connectivity index (χ0n) is 20.2. The van der Waals surface area contributed by atoms with E-state index in [0.29, 0.717) is 41.5 Å². The number of amides is 3. The van der Waals surface area contributed by atoms with E-state index >= 15 is 0 Å². The van der Waals surface area contributed by atoms with Crippen LogP contribution in [0.1, 0.15) is 52.4 Å². The second kappa shape index (κ2) is 11.4. The van der Waals surface area contributed by atoms with Crippen LogP contribution in [0.4, 0.5) is 0 Å². The molecule has 34 heavy (non-hydrogen) atoms. The van der Waals surface area contributed by atoms with Gasteiger partial charge in [0.15, 0.2) is 0 Å². The van der Waals surface area contributed by atoms with E-state index in [4.69, 9.17) is 0 Å². The van der Waals surface area contributed by atoms with Gasteiger partial charge in [0.25, 0.3) is 11.8 Å². The number of thioether (sulfide) groups is 1. The van der Waals surface area contributed by atoms with E-state index in [1.54, 1.807) is 0 Å². The third-order valence-electron chi connectivity index (χ3n) is 6.77. The summed E-state index contributed by atoms with van der Waals surface area (Å²) in [4.78, 5) is 41.4. The SMILES string of the molecule is CC1C=CC(C(=O)NC2=C(C(=O)NC3CCNCC3)SCCC2)=CC(N2CC(C)CCC2=O)=C1. The second-order valence-electron chi connectivity index (χ2n) is 9.77. The first kappa shape index (κ1) is 24.8. The van der Waals surface area contributed by atoms with E-state index in [9.17, 15) is 14.4 Å². The molecule has 1 aliphatic carbocycles. The van der Waals surface area contributed by atoms with Gasteiger partial charge in [-0.3, -0.25) is 14.4 Å². The molecule has 0 aromatic heterocycles. The molecule has 2 unspecified atom stereocenters. The van der Waals surface area contributed by atoms with Crippen LogP contribution in [0.25, 0.3) is 0 Å². The van der Waals surface area contributed by atoms with E-state index in [1.165, 1.54) is 11.8 Å². The summed E-state index contributed by atoms with van der Waals surface area (Å²) in [6.07, 6.45) is 12.5. The maximum atomic E-state index is 13.3. The average Bonchev–Trinajstić information content (AvgIpc) is 3.03. The summed E-state index contributed by atoms with van der Waals surface area (Å²) in [5.74, 6) is 1.20. The molecule has 2 fully saturated rings. The van der Waals surface area contributed by atoms with Gasteiger partial charge in [-0.25, -0.2) is 0 Å². The summed E-state index contributed by atoms with van der Waals surface area (Å²) in [5.41, 5.74) is 1.99. The maximum Gasteiger partial charge on any atom is 0.259 e. The van der Waals surface area contributed by atoms with Crippen LogP contribution in [0.3, 0.4) is 0 Å². The lowest BCUT2D eigenvalue weighted by Crippen LogP contribution is -2.43. The van der Waals surface area contributed by atoms with Crippen molar-refractivity contribution in [1.29, 1.82) is 0 Å². The molecule has 184 valence electrons. The van der Waals surface area contributed by atoms with Gasteiger partial charge in [-0.05, 0) is 68.9 Å². The van der Waals surface area contributed by atoms with Crippen molar-refractivity contribution in [2.75, 3.05) is 25.4 Å². The number of nitrogens with zero attached hydrogens (tertiary/aromatic N) is 1. The van der Waals surface area contributed by atoms with Crippen LogP contribution >= 0.6 is 11.8 Å². The van der Waals surface area contributed by atoms with Gasteiger partial charge in [-0.2, -0.15) is 0 Å². The maximum absolute atomic E-state index is 13.3. The minimum atomic E-state index is -0.238. The van der Waals surface area contributed by atoms with Gasteiger partial charge >= 0.3 is 0 Å². The second-order valence-corrected chi connectivity index (χ2v) is 10.9. The smallest absolute Gasteiger partial charge is 0.259 e. The Hall–Kier alpha value is -2.32. The first-order valence-electron chi connectivity index (χ1n) is 12.5. The molecule has 0 spiro atoms. The molecule has 7 nitrogen and oxygen atoms in total. The van der Waals surface area contributed by atoms with E-state index in [1.807, 2.05) is 36.1 Å². The van der Waals surface area contributed by atoms with Crippen LogP contribution in [0.5, 0.6) is 0 Å². The Morgan fingerprint density at radius 3 is 2.71 bits per heavy atom. The fraction of sp³-hybridized carbons (Fsp3) is 0.577. The molecule has 3 N–H and O–H groups in total. The van der Waals surface area contributed by atoms with Gasteiger partial charge in [-0.1, -0.05) is 32.1 Å². The van der Waals surface area contributed by atoms with Gasteiger partial charge in [0.05, 0.1) is 4.91 Å². The average molecular weight is 485 g/mol. The fourth-order valence-corrected chi connectivity index (χ4v) is 5.79. The summed E-state index contributed by atoms with van der Waals surface area (Å²) in [7, 11) is 0. The monoisotopic (exact) mass is 484 g/mol. The number of nitrogens with one attached hydrogen (secondary N) is 3. The lowest BCUT2D eigenvalue weighted by Gasteiger charge is -2.32. The quantitative estimate of drug-likeness (QED) is 0.558. The third-order valence-corrected chi connectivity index (χ3v) is 7.99. The van der Waals surface area contributed by atoms with Gasteiger partial charge in [0.2, 0.25) is 5.91 Å². The molecule has 3 amide bonds. The number of likely N-dealkylation sites (tertiary alicyclic amines) is 1. The van der Waals surface area contributed by atoms with Crippen molar-refractivity contribution in [3.05, 3.63) is 46.2 Å². The normalized spacial score (nSPS) is 26.5. The Labute approximate surface area is 206 Å². The molecular formula is C26H36N4O3S. The first-order chi connectivity index (χ1) is 16.4. The minimum absolute atomic E-state index is 0.0839. The highest BCUT2D eigenvalue weighted by Gasteiger charge is 2.28. The number of allylic oxidation sites excluding steroid dienone is 4. The molecule has 3 aliphatic heterocycles. The van der Waals surface area contributed by atoms with Crippen LogP contribution < -0.4 is 16.0 Å². The van der Waals surface area contributed by atoms with Gasteiger partial charge in [-0.15, -0.1) is 11.8 Å². The number of rotatable bonds is 5. The Kier molecular flexibility index (Phi) is 8.32. The molecule has 0 radical (unpaired) electrons. The van der Waals surface area contributed by atoms with Crippen molar-refractivity contribution in [2.45, 2.75) is 58.4 Å². The molecular weight excluding hydrogens is 448 g/mol. The molecule has 0 aromatic carbocycles. The van der Waals surface area contributed by atoms with Crippen LogP contribution in [0.2, 0.25) is 0 Å². The van der Waals surface area contributed by atoms with E-state index in [-0.39, 0.29) is 29.7 Å². The zero-order valence-corrected chi connectivity index (χ0v) is 21.0. The predicted octanol–water partition coefficient (Wildman–Crippen LogP) is 2.98. The van der Waals surface area contributed by atoms with E-state index < -0.39 is 0 Å². The topological polar surface area (TPSA) is 90.5 Å². The predicted molar refractivity (Wildman–Crippen MR) is 135 cm³/mol. The zero-order chi connectivity index (χ0) is 24.1. The lowest BCUT2D eigenvalue weighted by atomic mass is 9.98. The molecule has 0 bridgehead atoms. The minimum Gasteiger partial charge on any atom is -0.349 e. The van der Waals surface area contributed by atoms with Crippen LogP contribution in [-0.2, 0) is 14.4 Å². The molecule has 4 aliphatic rings. The van der Waals surface area contributed by atoms with Crippen molar-refractivity contribution in [3.8, 4) is 0 Å². The van der Waals surface area contributed by atoms with Crippen molar-refractivity contribution in [1.82, 2.24) is 20.9 Å². The highest BCUT2D eigenvalue weighted by Crippen LogP contribution is 2.30. The molecule has 0 saturated carbocycles. The van der Waals surface area contributed by atoms with Gasteiger partial charge < -0.3 is 20.9 Å². The molecule has 3 heterocycles. The van der Waals surface area contributed by atoms with Gasteiger partial charge in [0, 0.05) is 36.0 Å². The van der Waals surface area contributed by atoms with Crippen molar-refractivity contribution in [2.24, 2.45) is 11.8 Å².